The lowest BCUT2D eigenvalue weighted by atomic mass is 10.1. The van der Waals surface area contributed by atoms with Gasteiger partial charge in [0.25, 0.3) is 17.7 Å². The predicted molar refractivity (Wildman–Crippen MR) is 172 cm³/mol. The maximum atomic E-state index is 13.0. The van der Waals surface area contributed by atoms with Gasteiger partial charge < -0.3 is 45.2 Å². The minimum absolute atomic E-state index is 0.0409. The first-order valence-corrected chi connectivity index (χ1v) is 14.6. The van der Waals surface area contributed by atoms with Crippen LogP contribution in [-0.4, -0.2) is 86.9 Å². The summed E-state index contributed by atoms with van der Waals surface area (Å²) in [7, 11) is 8.92. The number of aromatic nitrogens is 4. The van der Waals surface area contributed by atoms with E-state index >= 15 is 0 Å². The lowest BCUT2D eigenvalue weighted by Gasteiger charge is -2.10. The molecule has 5 N–H and O–H groups in total. The van der Waals surface area contributed by atoms with Crippen molar-refractivity contribution in [3.05, 3.63) is 79.5 Å². The fraction of sp³-hybridized carbons (Fsp3) is 0.323. The van der Waals surface area contributed by atoms with Crippen molar-refractivity contribution < 1.29 is 24.0 Å². The highest BCUT2D eigenvalue weighted by molar-refractivity contribution is 6.06. The van der Waals surface area contributed by atoms with Gasteiger partial charge >= 0.3 is 0 Å². The molecule has 3 heterocycles. The third-order valence-electron chi connectivity index (χ3n) is 6.97. The minimum atomic E-state index is -0.527. The molecular weight excluding hydrogens is 592 g/mol. The van der Waals surface area contributed by atoms with Crippen molar-refractivity contribution in [3.8, 4) is 0 Å². The Morgan fingerprint density at radius 3 is 1.98 bits per heavy atom. The van der Waals surface area contributed by atoms with E-state index in [0.29, 0.717) is 29.5 Å². The first-order chi connectivity index (χ1) is 21.9. The highest BCUT2D eigenvalue weighted by atomic mass is 16.2. The largest absolute Gasteiger partial charge is 0.355 e. The Balaban J connectivity index is 1.28. The van der Waals surface area contributed by atoms with E-state index in [1.165, 1.54) is 16.8 Å². The molecule has 0 spiro atoms. The van der Waals surface area contributed by atoms with E-state index in [-0.39, 0.29) is 48.0 Å². The molecule has 1 aliphatic carbocycles. The second-order valence-corrected chi connectivity index (χ2v) is 11.1. The Labute approximate surface area is 268 Å². The Kier molecular flexibility index (Phi) is 11.4. The van der Waals surface area contributed by atoms with Crippen LogP contribution in [0.25, 0.3) is 0 Å². The normalized spacial score (nSPS) is 13.1. The monoisotopic (exact) mass is 631 g/mol. The molecule has 3 aromatic heterocycles. The fourth-order valence-corrected chi connectivity index (χ4v) is 4.65. The van der Waals surface area contributed by atoms with Gasteiger partial charge in [0.05, 0.1) is 17.3 Å². The predicted octanol–water partition coefficient (Wildman–Crippen LogP) is 1.13. The summed E-state index contributed by atoms with van der Waals surface area (Å²) in [5.74, 6) is -1.14. The van der Waals surface area contributed by atoms with Gasteiger partial charge in [-0.1, -0.05) is 0 Å². The number of nitrogens with one attached hydrogen (secondary N) is 5. The smallest absolute Gasteiger partial charge is 0.291 e. The average Bonchev–Trinajstić information content (AvgIpc) is 3.79. The molecule has 4 rings (SSSR count). The van der Waals surface area contributed by atoms with Crippen LogP contribution >= 0.6 is 0 Å². The van der Waals surface area contributed by atoms with Gasteiger partial charge in [-0.3, -0.25) is 24.0 Å². The summed E-state index contributed by atoms with van der Waals surface area (Å²) in [6, 6.07) is 3.09. The van der Waals surface area contributed by atoms with Crippen LogP contribution in [0.1, 0.15) is 44.4 Å². The molecule has 0 atom stereocenters. The lowest BCUT2D eigenvalue weighted by Crippen LogP contribution is -2.31. The van der Waals surface area contributed by atoms with Gasteiger partial charge in [-0.05, 0) is 64.9 Å². The van der Waals surface area contributed by atoms with E-state index in [0.717, 1.165) is 13.0 Å². The Hall–Kier alpha value is -4.92. The SMILES string of the molecule is CN(C)CCCNC(=O)c1cc(NC(=O)c2nc(NC(=O)c3cc(NC(=O)CCNC(=O)[C]4[CH][CH][CH][CH]4)cn3C)cn2C)cn1C. The van der Waals surface area contributed by atoms with Crippen molar-refractivity contribution in [1.29, 1.82) is 0 Å². The Bertz CT molecular complexity index is 1580. The number of hydrogen-bond donors (Lipinski definition) is 5. The summed E-state index contributed by atoms with van der Waals surface area (Å²) in [6.07, 6.45) is 12.5. The summed E-state index contributed by atoms with van der Waals surface area (Å²) >= 11 is 0. The van der Waals surface area contributed by atoms with Crippen LogP contribution in [0, 0.1) is 31.6 Å². The van der Waals surface area contributed by atoms with Crippen molar-refractivity contribution in [1.82, 2.24) is 34.2 Å². The van der Waals surface area contributed by atoms with Crippen molar-refractivity contribution in [3.63, 3.8) is 0 Å². The first kappa shape index (κ1) is 34.0. The van der Waals surface area contributed by atoms with Crippen molar-refractivity contribution in [2.45, 2.75) is 12.8 Å². The lowest BCUT2D eigenvalue weighted by molar-refractivity contribution is -0.119. The van der Waals surface area contributed by atoms with E-state index < -0.39 is 11.8 Å². The van der Waals surface area contributed by atoms with Crippen LogP contribution in [0.3, 0.4) is 0 Å². The molecule has 0 unspecified atom stereocenters. The molecule has 0 saturated heterocycles. The number of anilines is 3. The second kappa shape index (κ2) is 15.4. The number of rotatable bonds is 14. The summed E-state index contributed by atoms with van der Waals surface area (Å²) in [5, 5.41) is 13.7. The number of imidazole rings is 1. The molecule has 15 nitrogen and oxygen atoms in total. The molecule has 15 heteroatoms. The Morgan fingerprint density at radius 2 is 1.33 bits per heavy atom. The van der Waals surface area contributed by atoms with E-state index in [1.54, 1.807) is 74.4 Å². The fourth-order valence-electron chi connectivity index (χ4n) is 4.65. The number of carbonyl (C=O) groups is 5. The summed E-state index contributed by atoms with van der Waals surface area (Å²) in [4.78, 5) is 69.3. The number of nitrogens with zero attached hydrogens (tertiary/aromatic N) is 5. The number of aryl methyl sites for hydroxylation is 3. The zero-order valence-corrected chi connectivity index (χ0v) is 26.5. The second-order valence-electron chi connectivity index (χ2n) is 11.1. The zero-order chi connectivity index (χ0) is 33.4. The van der Waals surface area contributed by atoms with Crippen molar-refractivity contribution in [2.24, 2.45) is 21.1 Å². The molecule has 1 saturated carbocycles. The van der Waals surface area contributed by atoms with Crippen LogP contribution in [0.4, 0.5) is 17.2 Å². The molecule has 3 aromatic rings. The van der Waals surface area contributed by atoms with E-state index in [9.17, 15) is 24.0 Å². The molecule has 46 heavy (non-hydrogen) atoms. The number of carbonyl (C=O) groups excluding carboxylic acids is 5. The maximum absolute atomic E-state index is 13.0. The minimum Gasteiger partial charge on any atom is -0.355 e. The number of amides is 5. The Morgan fingerprint density at radius 1 is 0.717 bits per heavy atom. The third kappa shape index (κ3) is 9.06. The van der Waals surface area contributed by atoms with Crippen LogP contribution < -0.4 is 26.6 Å². The van der Waals surface area contributed by atoms with E-state index in [2.05, 4.69) is 31.6 Å². The molecule has 0 bridgehead atoms. The molecular formula is C31H39N10O5. The zero-order valence-electron chi connectivity index (χ0n) is 26.5. The first-order valence-electron chi connectivity index (χ1n) is 14.6. The van der Waals surface area contributed by atoms with Gasteiger partial charge in [0.15, 0.2) is 5.82 Å². The van der Waals surface area contributed by atoms with Gasteiger partial charge in [-0.15, -0.1) is 0 Å². The number of hydrogen-bond acceptors (Lipinski definition) is 7. The van der Waals surface area contributed by atoms with E-state index in [4.69, 9.17) is 0 Å². The van der Waals surface area contributed by atoms with Gasteiger partial charge in [-0.25, -0.2) is 4.98 Å². The topological polar surface area (TPSA) is 176 Å². The molecule has 1 aliphatic rings. The summed E-state index contributed by atoms with van der Waals surface area (Å²) in [6.45, 7) is 1.54. The summed E-state index contributed by atoms with van der Waals surface area (Å²) < 4.78 is 4.64. The molecule has 0 aliphatic heterocycles. The molecule has 243 valence electrons. The summed E-state index contributed by atoms with van der Waals surface area (Å²) in [5.41, 5.74) is 1.47. The van der Waals surface area contributed by atoms with E-state index in [1.807, 2.05) is 19.0 Å². The van der Waals surface area contributed by atoms with Crippen molar-refractivity contribution in [2.75, 3.05) is 49.7 Å². The van der Waals surface area contributed by atoms with Crippen LogP contribution in [-0.2, 0) is 30.7 Å². The van der Waals surface area contributed by atoms with Crippen LogP contribution in [0.5, 0.6) is 0 Å². The molecule has 5 amide bonds. The molecule has 5 radical (unpaired) electrons. The average molecular weight is 632 g/mol. The van der Waals surface area contributed by atoms with Gasteiger partial charge in [-0.2, -0.15) is 0 Å². The third-order valence-corrected chi connectivity index (χ3v) is 6.97. The van der Waals surface area contributed by atoms with Gasteiger partial charge in [0.1, 0.15) is 11.4 Å². The van der Waals surface area contributed by atoms with Crippen molar-refractivity contribution >= 4 is 46.7 Å². The van der Waals surface area contributed by atoms with Crippen LogP contribution in [0.2, 0.25) is 0 Å². The highest BCUT2D eigenvalue weighted by Gasteiger charge is 2.24. The maximum Gasteiger partial charge on any atom is 0.291 e. The standard InChI is InChI=1S/C31H39N10O5/c1-38(2)14-8-12-32-29(44)23-16-22(18-39(23)3)35-31(46)27-36-25(19-41(27)5)37-30(45)24-15-21(17-40(24)4)34-26(42)11-13-33-28(43)20-9-6-7-10-20/h6-7,9-10,15-19H,8,11-14H2,1-5H3,(H,32,44)(H,33,43)(H,34,42)(H,35,46)(H,37,45). The quantitative estimate of drug-likeness (QED) is 0.166. The highest BCUT2D eigenvalue weighted by Crippen LogP contribution is 2.23. The van der Waals surface area contributed by atoms with Crippen LogP contribution in [0.15, 0.2) is 30.7 Å². The van der Waals surface area contributed by atoms with Gasteiger partial charge in [0.2, 0.25) is 17.6 Å². The molecule has 0 aromatic carbocycles. The molecule has 1 fully saturated rings. The van der Waals surface area contributed by atoms with Gasteiger partial charge in [0, 0.05) is 59.2 Å².